The molecule has 3 nitrogen and oxygen atoms in total. The van der Waals surface area contributed by atoms with E-state index in [9.17, 15) is 4.79 Å². The summed E-state index contributed by atoms with van der Waals surface area (Å²) in [6, 6.07) is 20.2. The Bertz CT molecular complexity index is 695. The molecule has 2 N–H and O–H groups in total. The van der Waals surface area contributed by atoms with Crippen LogP contribution in [-0.4, -0.2) is 42.4 Å². The maximum atomic E-state index is 13.0. The Balaban J connectivity index is 2.09. The first-order chi connectivity index (χ1) is 12.5. The number of nitrogens with zero attached hydrogens (tertiary/aromatic N) is 1. The number of primary amides is 1. The number of amides is 1. The minimum atomic E-state index is -0.771. The van der Waals surface area contributed by atoms with Gasteiger partial charge in [-0.25, -0.2) is 0 Å². The highest BCUT2D eigenvalue weighted by atomic mass is 79.9. The lowest BCUT2D eigenvalue weighted by Gasteiger charge is -2.38. The average Bonchev–Trinajstić information content (AvgIpc) is 3.05. The Morgan fingerprint density at radius 3 is 2.12 bits per heavy atom. The van der Waals surface area contributed by atoms with Gasteiger partial charge in [0.1, 0.15) is 5.41 Å². The number of nitrogens with two attached hydrogens (primary N) is 1. The predicted octanol–water partition coefficient (Wildman–Crippen LogP) is 3.71. The second kappa shape index (κ2) is 7.93. The van der Waals surface area contributed by atoms with Crippen molar-refractivity contribution in [3.63, 3.8) is 0 Å². The van der Waals surface area contributed by atoms with E-state index in [4.69, 9.17) is 5.73 Å². The smallest absolute Gasteiger partial charge is 0.233 e. The van der Waals surface area contributed by atoms with Gasteiger partial charge in [0, 0.05) is 24.1 Å². The third-order valence-electron chi connectivity index (χ3n) is 5.97. The lowest BCUT2D eigenvalue weighted by atomic mass is 9.64. The van der Waals surface area contributed by atoms with Crippen LogP contribution in [0.1, 0.15) is 24.0 Å². The molecule has 0 bridgehead atoms. The second-order valence-corrected chi connectivity index (χ2v) is 8.47. The molecule has 0 aromatic heterocycles. The molecule has 0 radical (unpaired) electrons. The van der Waals surface area contributed by atoms with Crippen LogP contribution in [0.4, 0.5) is 0 Å². The van der Waals surface area contributed by atoms with Gasteiger partial charge in [0.2, 0.25) is 5.91 Å². The van der Waals surface area contributed by atoms with Gasteiger partial charge < -0.3 is 10.2 Å². The maximum Gasteiger partial charge on any atom is 0.233 e. The van der Waals surface area contributed by atoms with E-state index in [1.54, 1.807) is 0 Å². The Hall–Kier alpha value is -1.65. The maximum absolute atomic E-state index is 13.0. The number of benzene rings is 2. The molecule has 2 unspecified atom stereocenters. The normalized spacial score (nSPS) is 23.1. The molecular formula is C22H28BrN2O+. The molecule has 3 rings (SSSR count). The first kappa shape index (κ1) is 19.1. The lowest BCUT2D eigenvalue weighted by molar-refractivity contribution is -0.899. The molecule has 0 saturated carbocycles. The number of rotatable bonds is 7. The summed E-state index contributed by atoms with van der Waals surface area (Å²) < 4.78 is 1.00. The topological polar surface area (TPSA) is 43.1 Å². The van der Waals surface area contributed by atoms with E-state index < -0.39 is 5.41 Å². The SMILES string of the molecule is C[N+]1(CCCBr)CCC(C(C(N)=O)(c2ccccc2)c2ccccc2)C1. The van der Waals surface area contributed by atoms with Crippen LogP contribution in [0.15, 0.2) is 60.7 Å². The minimum Gasteiger partial charge on any atom is -0.369 e. The van der Waals surface area contributed by atoms with Crippen molar-refractivity contribution >= 4 is 21.8 Å². The van der Waals surface area contributed by atoms with Gasteiger partial charge in [-0.15, -0.1) is 0 Å². The highest BCUT2D eigenvalue weighted by molar-refractivity contribution is 9.09. The van der Waals surface area contributed by atoms with Crippen LogP contribution in [0, 0.1) is 5.92 Å². The number of carbonyl (C=O) groups excluding carboxylic acids is 1. The lowest BCUT2D eigenvalue weighted by Crippen LogP contribution is -2.51. The van der Waals surface area contributed by atoms with Crippen LogP contribution < -0.4 is 5.73 Å². The van der Waals surface area contributed by atoms with Crippen LogP contribution >= 0.6 is 15.9 Å². The molecule has 1 fully saturated rings. The van der Waals surface area contributed by atoms with E-state index in [1.807, 2.05) is 36.4 Å². The van der Waals surface area contributed by atoms with Crippen molar-refractivity contribution in [1.29, 1.82) is 0 Å². The number of quaternary nitrogens is 1. The van der Waals surface area contributed by atoms with Crippen LogP contribution in [0.3, 0.4) is 0 Å². The highest BCUT2D eigenvalue weighted by Crippen LogP contribution is 2.45. The van der Waals surface area contributed by atoms with Crippen LogP contribution in [0.5, 0.6) is 0 Å². The van der Waals surface area contributed by atoms with E-state index in [2.05, 4.69) is 47.2 Å². The Morgan fingerprint density at radius 1 is 1.12 bits per heavy atom. The number of hydrogen-bond acceptors (Lipinski definition) is 1. The first-order valence-electron chi connectivity index (χ1n) is 9.33. The van der Waals surface area contributed by atoms with Crippen molar-refractivity contribution in [3.8, 4) is 0 Å². The van der Waals surface area contributed by atoms with E-state index in [-0.39, 0.29) is 11.8 Å². The fourth-order valence-corrected chi connectivity index (χ4v) is 4.96. The van der Waals surface area contributed by atoms with Gasteiger partial charge >= 0.3 is 0 Å². The Morgan fingerprint density at radius 2 is 1.65 bits per heavy atom. The summed E-state index contributed by atoms with van der Waals surface area (Å²) in [4.78, 5) is 13.0. The molecule has 1 aliphatic rings. The van der Waals surface area contributed by atoms with Gasteiger partial charge in [-0.05, 0) is 11.1 Å². The Kier molecular flexibility index (Phi) is 5.83. The molecule has 4 heteroatoms. The highest BCUT2D eigenvalue weighted by Gasteiger charge is 2.53. The zero-order chi connectivity index (χ0) is 18.6. The number of carbonyl (C=O) groups is 1. The standard InChI is InChI=1S/C22H27BrN2O/c1-25(15-8-14-23)16-13-20(17-25)22(21(24)26,18-9-4-2-5-10-18)19-11-6-3-7-12-19/h2-7,9-12,20H,8,13-17H2,1H3,(H-,24,26)/p+1. The molecule has 2 aromatic rings. The summed E-state index contributed by atoms with van der Waals surface area (Å²) in [5.41, 5.74) is 7.40. The summed E-state index contributed by atoms with van der Waals surface area (Å²) in [5, 5.41) is 1.02. The molecule has 2 atom stereocenters. The van der Waals surface area contributed by atoms with Crippen LogP contribution in [0.25, 0.3) is 0 Å². The quantitative estimate of drug-likeness (QED) is 0.543. The fraction of sp³-hybridized carbons (Fsp3) is 0.409. The number of alkyl halides is 1. The van der Waals surface area contributed by atoms with E-state index in [1.165, 1.54) is 0 Å². The zero-order valence-electron chi connectivity index (χ0n) is 15.4. The minimum absolute atomic E-state index is 0.199. The van der Waals surface area contributed by atoms with Crippen LogP contribution in [0.2, 0.25) is 0 Å². The molecule has 1 amide bonds. The molecule has 138 valence electrons. The molecule has 0 aliphatic carbocycles. The molecule has 2 aromatic carbocycles. The van der Waals surface area contributed by atoms with Crippen molar-refractivity contribution < 1.29 is 9.28 Å². The second-order valence-electron chi connectivity index (χ2n) is 7.68. The van der Waals surface area contributed by atoms with Crippen molar-refractivity contribution in [1.82, 2.24) is 0 Å². The summed E-state index contributed by atoms with van der Waals surface area (Å²) in [7, 11) is 2.31. The van der Waals surface area contributed by atoms with Crippen molar-refractivity contribution in [2.45, 2.75) is 18.3 Å². The Labute approximate surface area is 164 Å². The van der Waals surface area contributed by atoms with Gasteiger partial charge in [0.25, 0.3) is 0 Å². The third-order valence-corrected chi connectivity index (χ3v) is 6.53. The molecule has 1 aliphatic heterocycles. The van der Waals surface area contributed by atoms with E-state index in [0.29, 0.717) is 0 Å². The zero-order valence-corrected chi connectivity index (χ0v) is 17.0. The van der Waals surface area contributed by atoms with Gasteiger partial charge in [-0.2, -0.15) is 0 Å². The summed E-state index contributed by atoms with van der Waals surface area (Å²) in [6.45, 7) is 3.19. The molecule has 26 heavy (non-hydrogen) atoms. The molecule has 1 saturated heterocycles. The molecular weight excluding hydrogens is 388 g/mol. The van der Waals surface area contributed by atoms with Gasteiger partial charge in [-0.3, -0.25) is 4.79 Å². The summed E-state index contributed by atoms with van der Waals surface area (Å²) in [5.74, 6) is -0.0426. The summed E-state index contributed by atoms with van der Waals surface area (Å²) in [6.07, 6.45) is 2.15. The van der Waals surface area contributed by atoms with E-state index >= 15 is 0 Å². The molecule has 0 spiro atoms. The van der Waals surface area contributed by atoms with Crippen molar-refractivity contribution in [2.24, 2.45) is 11.7 Å². The van der Waals surface area contributed by atoms with Gasteiger partial charge in [0.05, 0.1) is 26.7 Å². The van der Waals surface area contributed by atoms with Gasteiger partial charge in [0.15, 0.2) is 0 Å². The van der Waals surface area contributed by atoms with Gasteiger partial charge in [-0.1, -0.05) is 76.6 Å². The monoisotopic (exact) mass is 415 g/mol. The first-order valence-corrected chi connectivity index (χ1v) is 10.5. The van der Waals surface area contributed by atoms with Crippen LogP contribution in [-0.2, 0) is 10.2 Å². The van der Waals surface area contributed by atoms with Crippen molar-refractivity contribution in [2.75, 3.05) is 32.0 Å². The number of likely N-dealkylation sites (tertiary alicyclic amines) is 1. The third kappa shape index (κ3) is 3.45. The molecule has 1 heterocycles. The summed E-state index contributed by atoms with van der Waals surface area (Å²) >= 11 is 3.55. The predicted molar refractivity (Wildman–Crippen MR) is 110 cm³/mol. The average molecular weight is 416 g/mol. The van der Waals surface area contributed by atoms with Crippen molar-refractivity contribution in [3.05, 3.63) is 71.8 Å². The fourth-order valence-electron chi connectivity index (χ4n) is 4.71. The number of halogens is 1. The van der Waals surface area contributed by atoms with E-state index in [0.717, 1.165) is 53.4 Å². The number of hydrogen-bond donors (Lipinski definition) is 1. The largest absolute Gasteiger partial charge is 0.369 e.